The Morgan fingerprint density at radius 1 is 1.38 bits per heavy atom. The molecule has 2 aliphatic rings. The number of carbonyl (C=O) groups is 1. The van der Waals surface area contributed by atoms with E-state index in [-0.39, 0.29) is 11.6 Å². The highest BCUT2D eigenvalue weighted by molar-refractivity contribution is 5.77. The Morgan fingerprint density at radius 3 is 2.67 bits per heavy atom. The quantitative estimate of drug-likeness (QED) is 0.901. The Labute approximate surface area is 145 Å². The molecular weight excluding hydrogens is 302 g/mol. The Balaban J connectivity index is 1.66. The molecule has 24 heavy (non-hydrogen) atoms. The molecule has 2 fully saturated rings. The van der Waals surface area contributed by atoms with Crippen LogP contribution in [0.3, 0.4) is 0 Å². The van der Waals surface area contributed by atoms with Crippen molar-refractivity contribution in [1.29, 1.82) is 0 Å². The lowest BCUT2D eigenvalue weighted by Crippen LogP contribution is -2.47. The first-order valence-electron chi connectivity index (χ1n) is 9.16. The molecule has 3 rings (SSSR count). The van der Waals surface area contributed by atoms with Crippen molar-refractivity contribution in [2.45, 2.75) is 57.0 Å². The molecule has 1 aromatic rings. The molecule has 1 saturated carbocycles. The van der Waals surface area contributed by atoms with Crippen LogP contribution in [-0.4, -0.2) is 70.7 Å². The molecule has 134 valence electrons. The highest BCUT2D eigenvalue weighted by atomic mass is 16.2. The second kappa shape index (κ2) is 6.75. The number of nitrogens with one attached hydrogen (secondary N) is 1. The lowest BCUT2D eigenvalue weighted by atomic mass is 9.74. The van der Waals surface area contributed by atoms with E-state index in [9.17, 15) is 4.79 Å². The Kier molecular flexibility index (Phi) is 4.85. The minimum atomic E-state index is 0.0432. The number of urea groups is 1. The number of likely N-dealkylation sites (N-methyl/N-ethyl adjacent to an activating group) is 2. The number of amides is 2. The van der Waals surface area contributed by atoms with Gasteiger partial charge in [0, 0.05) is 44.4 Å². The van der Waals surface area contributed by atoms with Crippen molar-refractivity contribution in [2.24, 2.45) is 0 Å². The van der Waals surface area contributed by atoms with Crippen molar-refractivity contribution in [3.63, 3.8) is 0 Å². The van der Waals surface area contributed by atoms with Gasteiger partial charge in [-0.05, 0) is 45.7 Å². The van der Waals surface area contributed by atoms with E-state index in [1.54, 1.807) is 0 Å². The van der Waals surface area contributed by atoms with Gasteiger partial charge in [0.2, 0.25) is 0 Å². The summed E-state index contributed by atoms with van der Waals surface area (Å²) in [5, 5.41) is 7.58. The van der Waals surface area contributed by atoms with Crippen LogP contribution in [0.2, 0.25) is 0 Å². The Hall–Kier alpha value is -1.56. The summed E-state index contributed by atoms with van der Waals surface area (Å²) in [4.78, 5) is 18.4. The first-order chi connectivity index (χ1) is 11.5. The van der Waals surface area contributed by atoms with E-state index in [0.29, 0.717) is 5.92 Å². The van der Waals surface area contributed by atoms with E-state index >= 15 is 0 Å². The van der Waals surface area contributed by atoms with E-state index in [1.807, 2.05) is 30.1 Å². The van der Waals surface area contributed by atoms with Gasteiger partial charge in [-0.15, -0.1) is 0 Å². The summed E-state index contributed by atoms with van der Waals surface area (Å²) >= 11 is 0. The van der Waals surface area contributed by atoms with E-state index in [4.69, 9.17) is 0 Å². The molecule has 0 unspecified atom stereocenters. The molecule has 0 bridgehead atoms. The highest BCUT2D eigenvalue weighted by Crippen LogP contribution is 2.43. The minimum absolute atomic E-state index is 0.0432. The molecule has 0 radical (unpaired) electrons. The number of carbonyl (C=O) groups excluding carboxylic acids is 1. The number of H-pyrrole nitrogens is 1. The van der Waals surface area contributed by atoms with Crippen LogP contribution in [0.15, 0.2) is 6.20 Å². The summed E-state index contributed by atoms with van der Waals surface area (Å²) in [6, 6.07) is 0.164. The Morgan fingerprint density at radius 2 is 2.08 bits per heavy atom. The van der Waals surface area contributed by atoms with Crippen molar-refractivity contribution < 1.29 is 4.79 Å². The second-order valence-corrected chi connectivity index (χ2v) is 7.74. The zero-order valence-electron chi connectivity index (χ0n) is 15.5. The predicted octanol–water partition coefficient (Wildman–Crippen LogP) is 2.65. The lowest BCUT2D eigenvalue weighted by molar-refractivity contribution is 0.132. The third kappa shape index (κ3) is 3.04. The maximum absolute atomic E-state index is 12.2. The average Bonchev–Trinajstić information content (AvgIpc) is 3.09. The van der Waals surface area contributed by atoms with Gasteiger partial charge in [0.25, 0.3) is 0 Å². The summed E-state index contributed by atoms with van der Waals surface area (Å²) in [5.74, 6) is 0.539. The third-order valence-electron chi connectivity index (χ3n) is 5.98. The topological polar surface area (TPSA) is 55.5 Å². The molecule has 2 heterocycles. The van der Waals surface area contributed by atoms with Gasteiger partial charge in [-0.1, -0.05) is 6.92 Å². The molecule has 1 aliphatic heterocycles. The fraction of sp³-hybridized carbons (Fsp3) is 0.778. The lowest BCUT2D eigenvalue weighted by Gasteiger charge is -2.40. The predicted molar refractivity (Wildman–Crippen MR) is 94.9 cm³/mol. The summed E-state index contributed by atoms with van der Waals surface area (Å²) in [7, 11) is 6.05. The van der Waals surface area contributed by atoms with Crippen LogP contribution in [0.1, 0.15) is 56.2 Å². The van der Waals surface area contributed by atoms with Crippen LogP contribution in [0.25, 0.3) is 0 Å². The second-order valence-electron chi connectivity index (χ2n) is 7.74. The van der Waals surface area contributed by atoms with Gasteiger partial charge in [0.05, 0.1) is 11.7 Å². The molecule has 1 aromatic heterocycles. The van der Waals surface area contributed by atoms with Crippen molar-refractivity contribution >= 4 is 6.03 Å². The third-order valence-corrected chi connectivity index (χ3v) is 5.98. The maximum atomic E-state index is 12.2. The number of nitrogens with zero attached hydrogens (tertiary/aromatic N) is 4. The number of aromatic amines is 1. The number of hydrogen-bond acceptors (Lipinski definition) is 3. The van der Waals surface area contributed by atoms with E-state index < -0.39 is 0 Å². The normalized spacial score (nSPS) is 27.7. The Bertz CT molecular complexity index is 576. The largest absolute Gasteiger partial charge is 0.325 e. The van der Waals surface area contributed by atoms with Gasteiger partial charge in [-0.2, -0.15) is 5.10 Å². The SMILES string of the molecule is CCCN(C)Cc1cn[nH]c1C1CCC2(CC1)CN(C)C(=O)N2C. The first kappa shape index (κ1) is 17.3. The fourth-order valence-electron chi connectivity index (χ4n) is 4.56. The molecule has 1 aliphatic carbocycles. The molecule has 1 N–H and O–H groups in total. The van der Waals surface area contributed by atoms with Gasteiger partial charge in [-0.3, -0.25) is 5.10 Å². The standard InChI is InChI=1S/C18H31N5O/c1-5-10-21(2)12-15-11-19-20-16(15)14-6-8-18(9-7-14)13-22(3)17(24)23(18)4/h11,14H,5-10,12-13H2,1-4H3,(H,19,20). The van der Waals surface area contributed by atoms with Crippen LogP contribution in [-0.2, 0) is 6.54 Å². The minimum Gasteiger partial charge on any atom is -0.325 e. The van der Waals surface area contributed by atoms with Crippen LogP contribution >= 0.6 is 0 Å². The highest BCUT2D eigenvalue weighted by Gasteiger charge is 2.48. The summed E-state index contributed by atoms with van der Waals surface area (Å²) in [6.07, 6.45) is 7.56. The van der Waals surface area contributed by atoms with Crippen LogP contribution in [0, 0.1) is 0 Å². The fourth-order valence-corrected chi connectivity index (χ4v) is 4.56. The maximum Gasteiger partial charge on any atom is 0.320 e. The molecule has 6 nitrogen and oxygen atoms in total. The molecule has 2 amide bonds. The smallest absolute Gasteiger partial charge is 0.320 e. The molecule has 1 spiro atoms. The van der Waals surface area contributed by atoms with Gasteiger partial charge in [-0.25, -0.2) is 4.79 Å². The van der Waals surface area contributed by atoms with Crippen molar-refractivity contribution in [1.82, 2.24) is 24.9 Å². The zero-order valence-corrected chi connectivity index (χ0v) is 15.5. The van der Waals surface area contributed by atoms with E-state index in [2.05, 4.69) is 29.1 Å². The van der Waals surface area contributed by atoms with Crippen LogP contribution in [0.5, 0.6) is 0 Å². The molecule has 0 aromatic carbocycles. The van der Waals surface area contributed by atoms with Crippen molar-refractivity contribution in [2.75, 3.05) is 34.2 Å². The average molecular weight is 333 g/mol. The number of hydrogen-bond donors (Lipinski definition) is 1. The summed E-state index contributed by atoms with van der Waals surface area (Å²) < 4.78 is 0. The number of rotatable bonds is 5. The first-order valence-corrected chi connectivity index (χ1v) is 9.16. The monoisotopic (exact) mass is 333 g/mol. The summed E-state index contributed by atoms with van der Waals surface area (Å²) in [5.41, 5.74) is 2.69. The van der Waals surface area contributed by atoms with Gasteiger partial charge in [0.1, 0.15) is 0 Å². The van der Waals surface area contributed by atoms with Crippen molar-refractivity contribution in [3.8, 4) is 0 Å². The molecular formula is C18H31N5O. The summed E-state index contributed by atoms with van der Waals surface area (Å²) in [6.45, 7) is 5.15. The molecule has 6 heteroatoms. The zero-order chi connectivity index (χ0) is 17.3. The number of aromatic nitrogens is 2. The van der Waals surface area contributed by atoms with Crippen LogP contribution < -0.4 is 0 Å². The molecule has 0 atom stereocenters. The van der Waals surface area contributed by atoms with E-state index in [0.717, 1.165) is 45.3 Å². The van der Waals surface area contributed by atoms with Gasteiger partial charge in [0.15, 0.2) is 0 Å². The van der Waals surface area contributed by atoms with Crippen molar-refractivity contribution in [3.05, 3.63) is 17.5 Å². The van der Waals surface area contributed by atoms with Crippen LogP contribution in [0.4, 0.5) is 4.79 Å². The van der Waals surface area contributed by atoms with Gasteiger partial charge >= 0.3 is 6.03 Å². The van der Waals surface area contributed by atoms with E-state index in [1.165, 1.54) is 17.7 Å². The molecule has 1 saturated heterocycles. The van der Waals surface area contributed by atoms with Gasteiger partial charge < -0.3 is 14.7 Å².